The van der Waals surface area contributed by atoms with Gasteiger partial charge in [-0.05, 0) is 56.2 Å². The molecule has 0 aliphatic rings. The molecule has 35 heavy (non-hydrogen) atoms. The Morgan fingerprint density at radius 3 is 2.34 bits per heavy atom. The Hall–Kier alpha value is -3.85. The van der Waals surface area contributed by atoms with E-state index in [0.717, 1.165) is 28.3 Å². The highest BCUT2D eigenvalue weighted by Gasteiger charge is 2.14. The van der Waals surface area contributed by atoms with E-state index >= 15 is 0 Å². The van der Waals surface area contributed by atoms with Gasteiger partial charge in [-0.1, -0.05) is 35.9 Å². The first-order valence-electron chi connectivity index (χ1n) is 11.3. The highest BCUT2D eigenvalue weighted by molar-refractivity contribution is 7.80. The Balaban J connectivity index is 1.40. The zero-order valence-corrected chi connectivity index (χ0v) is 21.4. The number of aryl methyl sites for hydroxylation is 2. The number of methoxy groups -OCH3 is 2. The fraction of sp³-hybridized carbons (Fsp3) is 0.269. The van der Waals surface area contributed by atoms with Gasteiger partial charge >= 0.3 is 0 Å². The smallest absolute Gasteiger partial charge is 0.175 e. The van der Waals surface area contributed by atoms with Crippen molar-refractivity contribution in [3.05, 3.63) is 82.9 Å². The molecule has 0 fully saturated rings. The molecule has 0 unspecified atom stereocenters. The lowest BCUT2D eigenvalue weighted by Crippen LogP contribution is -2.19. The number of ether oxygens (including phenoxy) is 2. The molecule has 0 spiro atoms. The maximum Gasteiger partial charge on any atom is 0.175 e. The third-order valence-electron chi connectivity index (χ3n) is 5.76. The van der Waals surface area contributed by atoms with E-state index in [9.17, 15) is 0 Å². The van der Waals surface area contributed by atoms with Gasteiger partial charge in [-0.3, -0.25) is 9.36 Å². The van der Waals surface area contributed by atoms with Crippen molar-refractivity contribution in [3.8, 4) is 11.5 Å². The number of nitrogens with zero attached hydrogens (tertiary/aromatic N) is 4. The van der Waals surface area contributed by atoms with Crippen LogP contribution in [0.1, 0.15) is 28.1 Å². The highest BCUT2D eigenvalue weighted by atomic mass is 32.1. The van der Waals surface area contributed by atoms with Crippen LogP contribution < -0.4 is 20.1 Å². The van der Waals surface area contributed by atoms with Gasteiger partial charge < -0.3 is 20.1 Å². The lowest BCUT2D eigenvalue weighted by Gasteiger charge is -2.11. The fourth-order valence-electron chi connectivity index (χ4n) is 3.85. The molecule has 0 amide bonds. The zero-order valence-electron chi connectivity index (χ0n) is 20.6. The first-order valence-corrected chi connectivity index (χ1v) is 11.7. The molecule has 2 aromatic heterocycles. The van der Waals surface area contributed by atoms with Gasteiger partial charge in [-0.2, -0.15) is 10.2 Å². The zero-order chi connectivity index (χ0) is 24.9. The average Bonchev–Trinajstić information content (AvgIpc) is 3.39. The maximum absolute atomic E-state index is 5.56. The molecule has 4 rings (SSSR count). The first kappa shape index (κ1) is 24.3. The summed E-state index contributed by atoms with van der Waals surface area (Å²) in [5.41, 5.74) is 7.04. The molecule has 4 aromatic rings. The number of nitrogens with one attached hydrogen (secondary N) is 2. The van der Waals surface area contributed by atoms with Gasteiger partial charge in [0, 0.05) is 6.20 Å². The van der Waals surface area contributed by atoms with E-state index in [2.05, 4.69) is 46.9 Å². The van der Waals surface area contributed by atoms with Crippen LogP contribution in [0.3, 0.4) is 0 Å². The predicted molar refractivity (Wildman–Crippen MR) is 143 cm³/mol. The number of thiocarbonyl (C=S) groups is 1. The largest absolute Gasteiger partial charge is 0.493 e. The Labute approximate surface area is 210 Å². The second kappa shape index (κ2) is 10.6. The molecule has 2 aromatic carbocycles. The fourth-order valence-corrected chi connectivity index (χ4v) is 4.07. The average molecular weight is 491 g/mol. The lowest BCUT2D eigenvalue weighted by molar-refractivity contribution is 0.354. The third kappa shape index (κ3) is 5.81. The van der Waals surface area contributed by atoms with Crippen LogP contribution in [0.5, 0.6) is 11.5 Å². The van der Waals surface area contributed by atoms with Gasteiger partial charge in [0.2, 0.25) is 0 Å². The van der Waals surface area contributed by atoms with E-state index in [1.165, 1.54) is 11.1 Å². The molecule has 2 heterocycles. The summed E-state index contributed by atoms with van der Waals surface area (Å²) in [4.78, 5) is 0. The van der Waals surface area contributed by atoms with Crippen LogP contribution in [0.15, 0.2) is 54.9 Å². The second-order valence-electron chi connectivity index (χ2n) is 8.38. The van der Waals surface area contributed by atoms with Crippen molar-refractivity contribution >= 4 is 28.7 Å². The molecule has 0 saturated carbocycles. The minimum atomic E-state index is 0.483. The standard InChI is InChI=1S/C26H30N6O2S/c1-17-6-8-20(9-7-17)14-31-16-22(13-27-31)28-26(35)29-25-18(2)30-32(19(25)3)15-21-10-11-23(33-4)24(12-21)34-5/h6-13,16H,14-15H2,1-5H3,(H2,28,29,35). The van der Waals surface area contributed by atoms with Crippen molar-refractivity contribution in [1.29, 1.82) is 0 Å². The first-order chi connectivity index (χ1) is 16.9. The van der Waals surface area contributed by atoms with E-state index in [0.29, 0.717) is 29.7 Å². The minimum absolute atomic E-state index is 0.483. The van der Waals surface area contributed by atoms with E-state index in [1.807, 2.05) is 47.6 Å². The Bertz CT molecular complexity index is 1330. The number of anilines is 2. The van der Waals surface area contributed by atoms with Gasteiger partial charge in [0.25, 0.3) is 0 Å². The molecular weight excluding hydrogens is 460 g/mol. The minimum Gasteiger partial charge on any atom is -0.493 e. The van der Waals surface area contributed by atoms with Crippen LogP contribution in [-0.2, 0) is 13.1 Å². The molecule has 182 valence electrons. The van der Waals surface area contributed by atoms with E-state index in [4.69, 9.17) is 26.8 Å². The normalized spacial score (nSPS) is 10.8. The Morgan fingerprint density at radius 1 is 0.914 bits per heavy atom. The van der Waals surface area contributed by atoms with E-state index in [-0.39, 0.29) is 0 Å². The summed E-state index contributed by atoms with van der Waals surface area (Å²) < 4.78 is 14.6. The van der Waals surface area contributed by atoms with Gasteiger partial charge in [-0.15, -0.1) is 0 Å². The summed E-state index contributed by atoms with van der Waals surface area (Å²) in [7, 11) is 3.26. The van der Waals surface area contributed by atoms with Crippen molar-refractivity contribution in [2.75, 3.05) is 24.9 Å². The molecule has 0 aliphatic carbocycles. The third-order valence-corrected chi connectivity index (χ3v) is 5.96. The Kier molecular flexibility index (Phi) is 7.36. The van der Waals surface area contributed by atoms with Crippen molar-refractivity contribution < 1.29 is 9.47 Å². The number of aromatic nitrogens is 4. The topological polar surface area (TPSA) is 78.2 Å². The Morgan fingerprint density at radius 2 is 1.63 bits per heavy atom. The van der Waals surface area contributed by atoms with Gasteiger partial charge in [0.1, 0.15) is 0 Å². The summed E-state index contributed by atoms with van der Waals surface area (Å²) in [6.07, 6.45) is 3.70. The van der Waals surface area contributed by atoms with Crippen molar-refractivity contribution in [2.24, 2.45) is 0 Å². The highest BCUT2D eigenvalue weighted by Crippen LogP contribution is 2.28. The SMILES string of the molecule is COc1ccc(Cn2nc(C)c(NC(=S)Nc3cnn(Cc4ccc(C)cc4)c3)c2C)cc1OC. The number of rotatable bonds is 8. The predicted octanol–water partition coefficient (Wildman–Crippen LogP) is 4.93. The van der Waals surface area contributed by atoms with E-state index in [1.54, 1.807) is 20.4 Å². The monoisotopic (exact) mass is 490 g/mol. The second-order valence-corrected chi connectivity index (χ2v) is 8.79. The van der Waals surface area contributed by atoms with Crippen LogP contribution in [0.2, 0.25) is 0 Å². The van der Waals surface area contributed by atoms with E-state index < -0.39 is 0 Å². The lowest BCUT2D eigenvalue weighted by atomic mass is 10.1. The van der Waals surface area contributed by atoms with Crippen LogP contribution >= 0.6 is 12.2 Å². The summed E-state index contributed by atoms with van der Waals surface area (Å²) >= 11 is 5.56. The quantitative estimate of drug-likeness (QED) is 0.339. The number of hydrogen-bond donors (Lipinski definition) is 2. The van der Waals surface area contributed by atoms with Crippen LogP contribution in [0.25, 0.3) is 0 Å². The van der Waals surface area contributed by atoms with Gasteiger partial charge in [0.15, 0.2) is 16.6 Å². The molecule has 0 bridgehead atoms. The molecule has 0 aliphatic heterocycles. The molecule has 0 radical (unpaired) electrons. The molecule has 0 atom stereocenters. The molecule has 9 heteroatoms. The van der Waals surface area contributed by atoms with Crippen LogP contribution in [0.4, 0.5) is 11.4 Å². The van der Waals surface area contributed by atoms with Gasteiger partial charge in [0.05, 0.1) is 56.3 Å². The van der Waals surface area contributed by atoms with Crippen LogP contribution in [0, 0.1) is 20.8 Å². The summed E-state index contributed by atoms with van der Waals surface area (Å²) in [5.74, 6) is 1.39. The summed E-state index contributed by atoms with van der Waals surface area (Å²) in [5, 5.41) is 16.1. The molecule has 8 nitrogen and oxygen atoms in total. The number of benzene rings is 2. The van der Waals surface area contributed by atoms with Gasteiger partial charge in [-0.25, -0.2) is 0 Å². The van der Waals surface area contributed by atoms with Crippen molar-refractivity contribution in [1.82, 2.24) is 19.6 Å². The van der Waals surface area contributed by atoms with Crippen LogP contribution in [-0.4, -0.2) is 38.9 Å². The summed E-state index contributed by atoms with van der Waals surface area (Å²) in [6, 6.07) is 14.3. The summed E-state index contributed by atoms with van der Waals surface area (Å²) in [6.45, 7) is 7.36. The molecular formula is C26H30N6O2S. The molecule has 0 saturated heterocycles. The van der Waals surface area contributed by atoms with Crippen molar-refractivity contribution in [3.63, 3.8) is 0 Å². The molecule has 2 N–H and O–H groups in total. The van der Waals surface area contributed by atoms with Crippen molar-refractivity contribution in [2.45, 2.75) is 33.9 Å². The maximum atomic E-state index is 5.56. The number of hydrogen-bond acceptors (Lipinski definition) is 5.